The van der Waals surface area contributed by atoms with Crippen molar-refractivity contribution in [2.75, 3.05) is 11.9 Å². The molecule has 1 aromatic carbocycles. The van der Waals surface area contributed by atoms with Gasteiger partial charge in [-0.1, -0.05) is 37.8 Å². The van der Waals surface area contributed by atoms with Gasteiger partial charge in [0.25, 0.3) is 0 Å². The van der Waals surface area contributed by atoms with Crippen molar-refractivity contribution in [1.29, 1.82) is 0 Å². The molecular formula is C10H15NS. The zero-order valence-corrected chi connectivity index (χ0v) is 7.56. The van der Waals surface area contributed by atoms with Crippen molar-refractivity contribution in [2.45, 2.75) is 14.4 Å². The molecule has 0 aliphatic rings. The molecular weight excluding hydrogens is 166 g/mol. The van der Waals surface area contributed by atoms with Crippen molar-refractivity contribution >= 4 is 22.9 Å². The first-order valence-electron chi connectivity index (χ1n) is 3.51. The predicted molar refractivity (Wildman–Crippen MR) is 59.8 cm³/mol. The van der Waals surface area contributed by atoms with E-state index >= 15 is 0 Å². The summed E-state index contributed by atoms with van der Waals surface area (Å²) in [6, 6.07) is 10.1. The average molecular weight is 181 g/mol. The van der Waals surface area contributed by atoms with E-state index in [2.05, 4.69) is 0 Å². The lowest BCUT2D eigenvalue weighted by molar-refractivity contribution is 1.28. The van der Waals surface area contributed by atoms with Gasteiger partial charge >= 0.3 is 0 Å². The Kier molecular flexibility index (Phi) is 4.52. The van der Waals surface area contributed by atoms with E-state index in [9.17, 15) is 0 Å². The van der Waals surface area contributed by atoms with Gasteiger partial charge in [0.05, 0.1) is 4.99 Å². The minimum atomic E-state index is 0. The molecule has 0 unspecified atom stereocenters. The molecule has 12 heavy (non-hydrogen) atoms. The summed E-state index contributed by atoms with van der Waals surface area (Å²) < 4.78 is 0. The van der Waals surface area contributed by atoms with Gasteiger partial charge in [-0.2, -0.15) is 0 Å². The molecule has 2 heteroatoms. The first kappa shape index (κ1) is 11.1. The number of benzene rings is 1. The highest BCUT2D eigenvalue weighted by atomic mass is 32.1. The van der Waals surface area contributed by atoms with Gasteiger partial charge in [0, 0.05) is 12.7 Å². The molecule has 1 aromatic rings. The van der Waals surface area contributed by atoms with Crippen molar-refractivity contribution in [1.82, 2.24) is 0 Å². The Balaban J connectivity index is 0.00000121. The normalized spacial score (nSPS) is 8.50. The molecule has 0 spiro atoms. The van der Waals surface area contributed by atoms with E-state index in [0.29, 0.717) is 0 Å². The molecule has 0 aliphatic heterocycles. The summed E-state index contributed by atoms with van der Waals surface area (Å²) >= 11 is 5.03. The zero-order chi connectivity index (χ0) is 8.27. The van der Waals surface area contributed by atoms with Gasteiger partial charge in [0.2, 0.25) is 0 Å². The van der Waals surface area contributed by atoms with Crippen LogP contribution >= 0.6 is 12.2 Å². The zero-order valence-electron chi connectivity index (χ0n) is 6.74. The van der Waals surface area contributed by atoms with E-state index in [0.717, 1.165) is 10.7 Å². The Morgan fingerprint density at radius 1 is 1.25 bits per heavy atom. The van der Waals surface area contributed by atoms with Crippen LogP contribution in [0, 0.1) is 0 Å². The van der Waals surface area contributed by atoms with Crippen molar-refractivity contribution in [3.05, 3.63) is 30.3 Å². The Morgan fingerprint density at radius 2 is 1.75 bits per heavy atom. The fraction of sp³-hybridized carbons (Fsp3) is 0.300. The molecule has 0 fully saturated rings. The molecule has 0 saturated heterocycles. The van der Waals surface area contributed by atoms with E-state index in [1.54, 1.807) is 0 Å². The van der Waals surface area contributed by atoms with Gasteiger partial charge in [-0.15, -0.1) is 0 Å². The smallest absolute Gasteiger partial charge is 0.0789 e. The van der Waals surface area contributed by atoms with Crippen LogP contribution in [0.25, 0.3) is 0 Å². The molecule has 0 heterocycles. The average Bonchev–Trinajstić information content (AvgIpc) is 2.05. The SMILES string of the molecule is C.CC(=S)N(C)c1ccccc1. The van der Waals surface area contributed by atoms with Crippen LogP contribution in [-0.2, 0) is 0 Å². The van der Waals surface area contributed by atoms with Crippen LogP contribution in [0.1, 0.15) is 14.4 Å². The van der Waals surface area contributed by atoms with Gasteiger partial charge in [0.15, 0.2) is 0 Å². The summed E-state index contributed by atoms with van der Waals surface area (Å²) in [5, 5.41) is 0. The van der Waals surface area contributed by atoms with Crippen LogP contribution in [0.3, 0.4) is 0 Å². The quantitative estimate of drug-likeness (QED) is 0.612. The molecule has 1 nitrogen and oxygen atoms in total. The van der Waals surface area contributed by atoms with Crippen molar-refractivity contribution < 1.29 is 0 Å². The van der Waals surface area contributed by atoms with E-state index < -0.39 is 0 Å². The van der Waals surface area contributed by atoms with Gasteiger partial charge in [-0.25, -0.2) is 0 Å². The first-order valence-corrected chi connectivity index (χ1v) is 3.92. The molecule has 0 radical (unpaired) electrons. The Hall–Kier alpha value is -0.890. The summed E-state index contributed by atoms with van der Waals surface area (Å²) in [4.78, 5) is 2.87. The van der Waals surface area contributed by atoms with Crippen LogP contribution in [-0.4, -0.2) is 12.0 Å². The van der Waals surface area contributed by atoms with Crippen LogP contribution in [0.4, 0.5) is 5.69 Å². The number of thiocarbonyl (C=S) groups is 1. The highest BCUT2D eigenvalue weighted by molar-refractivity contribution is 7.80. The van der Waals surface area contributed by atoms with E-state index in [1.807, 2.05) is 49.2 Å². The second-order valence-corrected chi connectivity index (χ2v) is 3.00. The van der Waals surface area contributed by atoms with Crippen LogP contribution in [0.2, 0.25) is 0 Å². The molecule has 0 saturated carbocycles. The fourth-order valence-electron chi connectivity index (χ4n) is 0.833. The maximum atomic E-state index is 5.03. The molecule has 0 aliphatic carbocycles. The molecule has 0 atom stereocenters. The fourth-order valence-corrected chi connectivity index (χ4v) is 0.939. The summed E-state index contributed by atoms with van der Waals surface area (Å²) in [6.45, 7) is 1.92. The molecule has 0 N–H and O–H groups in total. The molecule has 0 bridgehead atoms. The monoisotopic (exact) mass is 181 g/mol. The van der Waals surface area contributed by atoms with Crippen LogP contribution in [0.15, 0.2) is 30.3 Å². The maximum absolute atomic E-state index is 5.03. The highest BCUT2D eigenvalue weighted by Crippen LogP contribution is 2.10. The number of anilines is 1. The number of para-hydroxylation sites is 1. The predicted octanol–water partition coefficient (Wildman–Crippen LogP) is 3.11. The Morgan fingerprint density at radius 3 is 2.17 bits per heavy atom. The van der Waals surface area contributed by atoms with Crippen LogP contribution < -0.4 is 4.90 Å². The summed E-state index contributed by atoms with van der Waals surface area (Å²) in [7, 11) is 1.97. The van der Waals surface area contributed by atoms with Crippen LogP contribution in [0.5, 0.6) is 0 Å². The second kappa shape index (κ2) is 4.88. The van der Waals surface area contributed by atoms with Gasteiger partial charge in [0.1, 0.15) is 0 Å². The number of hydrogen-bond acceptors (Lipinski definition) is 1. The van der Waals surface area contributed by atoms with Crippen molar-refractivity contribution in [3.63, 3.8) is 0 Å². The lowest BCUT2D eigenvalue weighted by Gasteiger charge is -2.16. The maximum Gasteiger partial charge on any atom is 0.0789 e. The van der Waals surface area contributed by atoms with Gasteiger partial charge < -0.3 is 4.90 Å². The number of rotatable bonds is 1. The standard InChI is InChI=1S/C9H11NS.CH4/c1-8(11)10(2)9-6-4-3-5-7-9;/h3-7H,1-2H3;1H4. The third-order valence-electron chi connectivity index (χ3n) is 1.62. The molecule has 0 amide bonds. The second-order valence-electron chi connectivity index (χ2n) is 2.41. The summed E-state index contributed by atoms with van der Waals surface area (Å²) in [5.41, 5.74) is 1.14. The number of nitrogens with zero attached hydrogens (tertiary/aromatic N) is 1. The highest BCUT2D eigenvalue weighted by Gasteiger charge is 1.98. The minimum absolute atomic E-state index is 0. The first-order chi connectivity index (χ1) is 5.22. The third kappa shape index (κ3) is 2.62. The van der Waals surface area contributed by atoms with E-state index in [4.69, 9.17) is 12.2 Å². The lowest BCUT2D eigenvalue weighted by atomic mass is 10.3. The third-order valence-corrected chi connectivity index (χ3v) is 1.89. The minimum Gasteiger partial charge on any atom is -0.339 e. The topological polar surface area (TPSA) is 3.24 Å². The number of hydrogen-bond donors (Lipinski definition) is 0. The van der Waals surface area contributed by atoms with E-state index in [1.165, 1.54) is 0 Å². The summed E-state index contributed by atoms with van der Waals surface area (Å²) in [5.74, 6) is 0. The van der Waals surface area contributed by atoms with Gasteiger partial charge in [-0.3, -0.25) is 0 Å². The lowest BCUT2D eigenvalue weighted by Crippen LogP contribution is -2.20. The largest absolute Gasteiger partial charge is 0.339 e. The molecule has 0 aromatic heterocycles. The van der Waals surface area contributed by atoms with Crippen molar-refractivity contribution in [2.24, 2.45) is 0 Å². The Bertz CT molecular complexity index is 243. The molecule has 66 valence electrons. The Labute approximate surface area is 80.0 Å². The van der Waals surface area contributed by atoms with Crippen molar-refractivity contribution in [3.8, 4) is 0 Å². The van der Waals surface area contributed by atoms with Gasteiger partial charge in [-0.05, 0) is 19.1 Å². The van der Waals surface area contributed by atoms with E-state index in [-0.39, 0.29) is 7.43 Å². The summed E-state index contributed by atoms with van der Waals surface area (Å²) in [6.07, 6.45) is 0. The molecule has 1 rings (SSSR count).